The Labute approximate surface area is 183 Å². The molecule has 0 spiro atoms. The third-order valence-corrected chi connectivity index (χ3v) is 4.40. The zero-order chi connectivity index (χ0) is 21.9. The molecule has 0 saturated carbocycles. The largest absolute Gasteiger partial charge is 0.490 e. The van der Waals surface area contributed by atoms with Gasteiger partial charge >= 0.3 is 5.97 Å². The third kappa shape index (κ3) is 6.64. The zero-order valence-corrected chi connectivity index (χ0v) is 18.2. The smallest absolute Gasteiger partial charge is 0.344 e. The first kappa shape index (κ1) is 23.0. The van der Waals surface area contributed by atoms with Gasteiger partial charge in [-0.1, -0.05) is 34.1 Å². The number of carbonyl (C=O) groups is 2. The Hall–Kier alpha value is -3.31. The van der Waals surface area contributed by atoms with E-state index in [0.29, 0.717) is 33.8 Å². The minimum atomic E-state index is -0.531. The molecular formula is C22H21BrN2O5. The number of benzene rings is 2. The van der Waals surface area contributed by atoms with E-state index in [4.69, 9.17) is 14.2 Å². The second-order valence-corrected chi connectivity index (χ2v) is 6.69. The highest BCUT2D eigenvalue weighted by Crippen LogP contribution is 2.35. The van der Waals surface area contributed by atoms with E-state index in [9.17, 15) is 14.9 Å². The summed E-state index contributed by atoms with van der Waals surface area (Å²) in [4.78, 5) is 24.0. The Balaban J connectivity index is 2.28. The molecule has 0 aliphatic rings. The lowest BCUT2D eigenvalue weighted by molar-refractivity contribution is -0.145. The van der Waals surface area contributed by atoms with E-state index in [0.717, 1.165) is 0 Å². The van der Waals surface area contributed by atoms with Gasteiger partial charge in [-0.2, -0.15) is 5.26 Å². The van der Waals surface area contributed by atoms with Crippen LogP contribution >= 0.6 is 15.9 Å². The van der Waals surface area contributed by atoms with Gasteiger partial charge < -0.3 is 19.5 Å². The number of nitriles is 1. The van der Waals surface area contributed by atoms with Crippen LogP contribution in [0.3, 0.4) is 0 Å². The SMILES string of the molecule is CCOC(=O)COc1cc(Br)c(/C=C(\C#N)C(=O)Nc2ccccc2)cc1OCC. The van der Waals surface area contributed by atoms with Crippen LogP contribution in [0.1, 0.15) is 19.4 Å². The number of halogens is 1. The second-order valence-electron chi connectivity index (χ2n) is 5.84. The highest BCUT2D eigenvalue weighted by atomic mass is 79.9. The average Bonchev–Trinajstić information content (AvgIpc) is 2.73. The van der Waals surface area contributed by atoms with Crippen molar-refractivity contribution in [2.24, 2.45) is 0 Å². The van der Waals surface area contributed by atoms with E-state index in [2.05, 4.69) is 21.2 Å². The molecule has 0 fully saturated rings. The van der Waals surface area contributed by atoms with Crippen molar-refractivity contribution in [1.82, 2.24) is 0 Å². The first-order chi connectivity index (χ1) is 14.5. The molecule has 0 radical (unpaired) electrons. The number of para-hydroxylation sites is 1. The summed E-state index contributed by atoms with van der Waals surface area (Å²) in [5, 5.41) is 12.1. The maximum Gasteiger partial charge on any atom is 0.344 e. The monoisotopic (exact) mass is 472 g/mol. The Bertz CT molecular complexity index is 967. The average molecular weight is 473 g/mol. The number of hydrogen-bond acceptors (Lipinski definition) is 6. The molecule has 0 saturated heterocycles. The third-order valence-electron chi connectivity index (χ3n) is 3.71. The zero-order valence-electron chi connectivity index (χ0n) is 16.6. The lowest BCUT2D eigenvalue weighted by atomic mass is 10.1. The summed E-state index contributed by atoms with van der Waals surface area (Å²) < 4.78 is 16.5. The molecule has 2 aromatic rings. The van der Waals surface area contributed by atoms with Crippen LogP contribution in [-0.2, 0) is 14.3 Å². The molecule has 8 heteroatoms. The van der Waals surface area contributed by atoms with Gasteiger partial charge in [-0.25, -0.2) is 4.79 Å². The fourth-order valence-electron chi connectivity index (χ4n) is 2.41. The number of hydrogen-bond donors (Lipinski definition) is 1. The second kappa shape index (κ2) is 11.6. The van der Waals surface area contributed by atoms with Gasteiger partial charge in [0.05, 0.1) is 13.2 Å². The van der Waals surface area contributed by atoms with Gasteiger partial charge in [0.2, 0.25) is 0 Å². The molecule has 2 aromatic carbocycles. The van der Waals surface area contributed by atoms with E-state index in [1.165, 1.54) is 6.08 Å². The number of nitrogens with zero attached hydrogens (tertiary/aromatic N) is 1. The fraction of sp³-hybridized carbons (Fsp3) is 0.227. The van der Waals surface area contributed by atoms with E-state index in [-0.39, 0.29) is 18.8 Å². The van der Waals surface area contributed by atoms with Crippen LogP contribution in [-0.4, -0.2) is 31.7 Å². The minimum Gasteiger partial charge on any atom is -0.490 e. The van der Waals surface area contributed by atoms with E-state index in [1.54, 1.807) is 50.2 Å². The Morgan fingerprint density at radius 1 is 1.10 bits per heavy atom. The van der Waals surface area contributed by atoms with Crippen LogP contribution in [0.4, 0.5) is 5.69 Å². The van der Waals surface area contributed by atoms with Crippen molar-refractivity contribution in [2.45, 2.75) is 13.8 Å². The maximum absolute atomic E-state index is 12.5. The van der Waals surface area contributed by atoms with E-state index >= 15 is 0 Å². The molecule has 0 aliphatic heterocycles. The van der Waals surface area contributed by atoms with Crippen molar-refractivity contribution >= 4 is 39.6 Å². The van der Waals surface area contributed by atoms with Gasteiger partial charge in [0, 0.05) is 10.2 Å². The molecule has 0 atom stereocenters. The number of esters is 1. The fourth-order valence-corrected chi connectivity index (χ4v) is 2.84. The number of ether oxygens (including phenoxy) is 3. The lowest BCUT2D eigenvalue weighted by Crippen LogP contribution is -2.15. The first-order valence-corrected chi connectivity index (χ1v) is 10.0. The van der Waals surface area contributed by atoms with Crippen molar-refractivity contribution in [3.63, 3.8) is 0 Å². The van der Waals surface area contributed by atoms with Crippen LogP contribution in [0.5, 0.6) is 11.5 Å². The normalized spacial score (nSPS) is 10.7. The molecule has 0 bridgehead atoms. The van der Waals surface area contributed by atoms with Crippen LogP contribution in [0, 0.1) is 11.3 Å². The van der Waals surface area contributed by atoms with Gasteiger partial charge in [-0.05, 0) is 49.8 Å². The Morgan fingerprint density at radius 2 is 1.80 bits per heavy atom. The molecule has 7 nitrogen and oxygen atoms in total. The molecule has 0 unspecified atom stereocenters. The summed E-state index contributed by atoms with van der Waals surface area (Å²) in [5.41, 5.74) is 1.05. The summed E-state index contributed by atoms with van der Waals surface area (Å²) in [7, 11) is 0. The molecule has 0 aliphatic carbocycles. The van der Waals surface area contributed by atoms with Gasteiger partial charge in [0.15, 0.2) is 18.1 Å². The molecule has 156 valence electrons. The summed E-state index contributed by atoms with van der Waals surface area (Å²) in [6, 6.07) is 14.0. The Morgan fingerprint density at radius 3 is 2.43 bits per heavy atom. The van der Waals surface area contributed by atoms with Gasteiger partial charge in [-0.15, -0.1) is 0 Å². The molecule has 2 rings (SSSR count). The van der Waals surface area contributed by atoms with Crippen molar-refractivity contribution in [1.29, 1.82) is 5.26 Å². The van der Waals surface area contributed by atoms with Crippen molar-refractivity contribution < 1.29 is 23.8 Å². The molecular weight excluding hydrogens is 452 g/mol. The summed E-state index contributed by atoms with van der Waals surface area (Å²) in [6.07, 6.45) is 1.44. The van der Waals surface area contributed by atoms with E-state index < -0.39 is 11.9 Å². The number of rotatable bonds is 9. The number of amides is 1. The van der Waals surface area contributed by atoms with Crippen LogP contribution < -0.4 is 14.8 Å². The Kier molecular flexibility index (Phi) is 8.91. The summed E-state index contributed by atoms with van der Waals surface area (Å²) in [5.74, 6) is -0.321. The lowest BCUT2D eigenvalue weighted by Gasteiger charge is -2.14. The number of anilines is 1. The topological polar surface area (TPSA) is 97.7 Å². The van der Waals surface area contributed by atoms with Gasteiger partial charge in [-0.3, -0.25) is 4.79 Å². The standard InChI is InChI=1S/C22H21BrN2O5/c1-3-28-19-11-15(18(23)12-20(19)30-14-21(26)29-4-2)10-16(13-24)22(27)25-17-8-6-5-7-9-17/h5-12H,3-4,14H2,1-2H3,(H,25,27)/b16-10+. The molecule has 1 amide bonds. The maximum atomic E-state index is 12.5. The van der Waals surface area contributed by atoms with Gasteiger partial charge in [0.25, 0.3) is 5.91 Å². The number of nitrogens with one attached hydrogen (secondary N) is 1. The first-order valence-electron chi connectivity index (χ1n) is 9.21. The highest BCUT2D eigenvalue weighted by molar-refractivity contribution is 9.10. The number of carbonyl (C=O) groups excluding carboxylic acids is 2. The molecule has 0 aromatic heterocycles. The van der Waals surface area contributed by atoms with Crippen LogP contribution in [0.15, 0.2) is 52.5 Å². The van der Waals surface area contributed by atoms with Crippen LogP contribution in [0.25, 0.3) is 6.08 Å². The molecule has 30 heavy (non-hydrogen) atoms. The minimum absolute atomic E-state index is 0.0813. The predicted molar refractivity (Wildman–Crippen MR) is 116 cm³/mol. The van der Waals surface area contributed by atoms with Crippen molar-refractivity contribution in [3.8, 4) is 17.6 Å². The molecule has 1 N–H and O–H groups in total. The summed E-state index contributed by atoms with van der Waals surface area (Å²) in [6.45, 7) is 3.87. The van der Waals surface area contributed by atoms with Crippen molar-refractivity contribution in [3.05, 3.63) is 58.1 Å². The highest BCUT2D eigenvalue weighted by Gasteiger charge is 2.15. The van der Waals surface area contributed by atoms with E-state index in [1.807, 2.05) is 12.1 Å². The molecule has 0 heterocycles. The van der Waals surface area contributed by atoms with Crippen molar-refractivity contribution in [2.75, 3.05) is 25.1 Å². The predicted octanol–water partition coefficient (Wildman–Crippen LogP) is 4.34. The summed E-state index contributed by atoms with van der Waals surface area (Å²) >= 11 is 3.41. The van der Waals surface area contributed by atoms with Crippen LogP contribution in [0.2, 0.25) is 0 Å². The quantitative estimate of drug-likeness (QED) is 0.331. The van der Waals surface area contributed by atoms with Gasteiger partial charge in [0.1, 0.15) is 11.6 Å².